The first-order valence-electron chi connectivity index (χ1n) is 8.40. The third kappa shape index (κ3) is 4.47. The van der Waals surface area contributed by atoms with E-state index in [-0.39, 0.29) is 11.6 Å². The summed E-state index contributed by atoms with van der Waals surface area (Å²) in [5, 5.41) is 9.34. The third-order valence-corrected chi connectivity index (χ3v) is 4.40. The number of phenolic OH excluding ortho intramolecular Hbond substituents is 1. The number of hydrogen-bond donors (Lipinski definition) is 1. The van der Waals surface area contributed by atoms with E-state index in [9.17, 15) is 79.7 Å². The molecule has 1 nitrogen and oxygen atoms in total. The monoisotopic (exact) mass is 552 g/mol. The lowest BCUT2D eigenvalue weighted by atomic mass is 9.89. The van der Waals surface area contributed by atoms with E-state index < -0.39 is 65.9 Å². The van der Waals surface area contributed by atoms with Gasteiger partial charge in [0.1, 0.15) is 5.75 Å². The Balaban J connectivity index is 3.48. The van der Waals surface area contributed by atoms with Crippen LogP contribution in [0, 0.1) is 0 Å². The van der Waals surface area contributed by atoms with Crippen LogP contribution in [0.2, 0.25) is 0 Å². The fourth-order valence-corrected chi connectivity index (χ4v) is 2.30. The van der Waals surface area contributed by atoms with Crippen LogP contribution in [-0.4, -0.2) is 52.7 Å². The number of alkyl halides is 17. The average molecular weight is 552 g/mol. The number of hydrogen-bond acceptors (Lipinski definition) is 1. The highest BCUT2D eigenvalue weighted by molar-refractivity contribution is 5.33. The van der Waals surface area contributed by atoms with Crippen LogP contribution in [0.3, 0.4) is 0 Å². The van der Waals surface area contributed by atoms with Crippen molar-refractivity contribution in [3.05, 3.63) is 42.0 Å². The van der Waals surface area contributed by atoms with Gasteiger partial charge in [0, 0.05) is 0 Å². The molecule has 0 heterocycles. The third-order valence-electron chi connectivity index (χ3n) is 4.40. The number of halogens is 17. The first-order chi connectivity index (χ1) is 15.2. The van der Waals surface area contributed by atoms with Gasteiger partial charge in [0.15, 0.2) is 0 Å². The molecule has 0 spiro atoms. The fourth-order valence-electron chi connectivity index (χ4n) is 2.30. The molecule has 0 radical (unpaired) electrons. The fraction of sp³-hybridized carbons (Fsp3) is 0.529. The van der Waals surface area contributed by atoms with E-state index in [0.29, 0.717) is 0 Å². The molecule has 0 atom stereocenters. The second kappa shape index (κ2) is 8.60. The highest BCUT2D eigenvalue weighted by Gasteiger charge is 2.95. The van der Waals surface area contributed by atoms with E-state index in [0.717, 1.165) is 18.2 Å². The standard InChI is InChI=1S/C17H9F17O/c18-10(19,7-3-5-8-4-1-2-6-9(8)35)11(20,21)12(22,23)13(24,25)14(26,27)15(28,29)16(30,31)17(32,33)34/h1-4,6-7,35H,5H2/b7-3-. The molecule has 1 aromatic carbocycles. The summed E-state index contributed by atoms with van der Waals surface area (Å²) in [5.74, 6) is -57.3. The predicted molar refractivity (Wildman–Crippen MR) is 81.6 cm³/mol. The van der Waals surface area contributed by atoms with Crippen molar-refractivity contribution in [3.63, 3.8) is 0 Å². The lowest BCUT2D eigenvalue weighted by Crippen LogP contribution is -2.74. The summed E-state index contributed by atoms with van der Waals surface area (Å²) in [6, 6.07) is 4.20. The molecule has 0 bridgehead atoms. The van der Waals surface area contributed by atoms with Crippen LogP contribution in [0.5, 0.6) is 5.75 Å². The van der Waals surface area contributed by atoms with Crippen LogP contribution >= 0.6 is 0 Å². The van der Waals surface area contributed by atoms with Crippen molar-refractivity contribution >= 4 is 0 Å². The molecule has 0 saturated carbocycles. The molecule has 0 aromatic heterocycles. The number of para-hydroxylation sites is 1. The Morgan fingerprint density at radius 2 is 0.914 bits per heavy atom. The Morgan fingerprint density at radius 3 is 1.31 bits per heavy atom. The summed E-state index contributed by atoms with van der Waals surface area (Å²) in [4.78, 5) is 0. The SMILES string of the molecule is Oc1ccccc1C/C=C\C(F)(F)C(F)(F)C(F)(F)C(F)(F)C(F)(F)C(F)(F)C(F)(F)C(F)(F)F. The smallest absolute Gasteiger partial charge is 0.460 e. The van der Waals surface area contributed by atoms with Gasteiger partial charge in [0.05, 0.1) is 0 Å². The highest BCUT2D eigenvalue weighted by Crippen LogP contribution is 2.64. The zero-order chi connectivity index (χ0) is 28.1. The molecule has 1 aromatic rings. The zero-order valence-electron chi connectivity index (χ0n) is 16.0. The summed E-state index contributed by atoms with van der Waals surface area (Å²) < 4.78 is 223. The van der Waals surface area contributed by atoms with Crippen LogP contribution < -0.4 is 0 Å². The van der Waals surface area contributed by atoms with Crippen molar-refractivity contribution in [1.29, 1.82) is 0 Å². The van der Waals surface area contributed by atoms with E-state index in [1.165, 1.54) is 6.07 Å². The Labute approximate surface area is 182 Å². The summed E-state index contributed by atoms with van der Waals surface area (Å²) in [6.45, 7) is 0. The highest BCUT2D eigenvalue weighted by atomic mass is 19.4. The number of phenols is 1. The number of aromatic hydroxyl groups is 1. The van der Waals surface area contributed by atoms with E-state index in [1.807, 2.05) is 0 Å². The molecule has 0 amide bonds. The van der Waals surface area contributed by atoms with Crippen molar-refractivity contribution in [3.8, 4) is 5.75 Å². The predicted octanol–water partition coefficient (Wildman–Crippen LogP) is 7.50. The van der Waals surface area contributed by atoms with Crippen molar-refractivity contribution in [2.45, 2.75) is 54.1 Å². The average Bonchev–Trinajstić information content (AvgIpc) is 2.67. The van der Waals surface area contributed by atoms with Crippen LogP contribution in [0.4, 0.5) is 74.6 Å². The topological polar surface area (TPSA) is 20.2 Å². The molecule has 0 unspecified atom stereocenters. The normalized spacial score (nSPS) is 15.7. The lowest BCUT2D eigenvalue weighted by Gasteiger charge is -2.42. The molecule has 0 saturated heterocycles. The number of rotatable bonds is 9. The molecule has 0 aliphatic carbocycles. The van der Waals surface area contributed by atoms with Crippen LogP contribution in [0.15, 0.2) is 36.4 Å². The zero-order valence-corrected chi connectivity index (χ0v) is 16.0. The summed E-state index contributed by atoms with van der Waals surface area (Å²) in [7, 11) is 0. The largest absolute Gasteiger partial charge is 0.508 e. The van der Waals surface area contributed by atoms with Crippen LogP contribution in [0.1, 0.15) is 5.56 Å². The summed E-state index contributed by atoms with van der Waals surface area (Å²) in [5.41, 5.74) is -0.347. The Morgan fingerprint density at radius 1 is 0.543 bits per heavy atom. The van der Waals surface area contributed by atoms with Gasteiger partial charge in [-0.05, 0) is 24.1 Å². The van der Waals surface area contributed by atoms with Gasteiger partial charge in [-0.2, -0.15) is 74.6 Å². The molecule has 18 heteroatoms. The van der Waals surface area contributed by atoms with Gasteiger partial charge in [0.2, 0.25) is 0 Å². The van der Waals surface area contributed by atoms with E-state index >= 15 is 0 Å². The molecule has 0 fully saturated rings. The molecular weight excluding hydrogens is 543 g/mol. The molecule has 202 valence electrons. The summed E-state index contributed by atoms with van der Waals surface area (Å²) >= 11 is 0. The van der Waals surface area contributed by atoms with Gasteiger partial charge < -0.3 is 5.11 Å². The first kappa shape index (κ1) is 30.6. The van der Waals surface area contributed by atoms with Crippen molar-refractivity contribution in [2.75, 3.05) is 0 Å². The van der Waals surface area contributed by atoms with E-state index in [2.05, 4.69) is 0 Å². The minimum atomic E-state index is -8.65. The van der Waals surface area contributed by atoms with Gasteiger partial charge in [-0.25, -0.2) is 0 Å². The van der Waals surface area contributed by atoms with E-state index in [4.69, 9.17) is 0 Å². The molecule has 0 aliphatic heterocycles. The van der Waals surface area contributed by atoms with Crippen molar-refractivity contribution < 1.29 is 79.7 Å². The van der Waals surface area contributed by atoms with E-state index in [1.54, 1.807) is 0 Å². The molecule has 1 N–H and O–H groups in total. The van der Waals surface area contributed by atoms with Gasteiger partial charge in [-0.15, -0.1) is 0 Å². The number of allylic oxidation sites excluding steroid dienone is 2. The minimum absolute atomic E-state index is 0.165. The minimum Gasteiger partial charge on any atom is -0.508 e. The van der Waals surface area contributed by atoms with Crippen molar-refractivity contribution in [2.24, 2.45) is 0 Å². The maximum atomic E-state index is 13.7. The Bertz CT molecular complexity index is 929. The molecule has 35 heavy (non-hydrogen) atoms. The van der Waals surface area contributed by atoms with Gasteiger partial charge in [0.25, 0.3) is 0 Å². The molecular formula is C17H9F17O. The lowest BCUT2D eigenvalue weighted by molar-refractivity contribution is -0.459. The van der Waals surface area contributed by atoms with Gasteiger partial charge >= 0.3 is 47.6 Å². The van der Waals surface area contributed by atoms with Crippen molar-refractivity contribution in [1.82, 2.24) is 0 Å². The first-order valence-corrected chi connectivity index (χ1v) is 8.40. The second-order valence-corrected chi connectivity index (χ2v) is 6.80. The molecule has 1 rings (SSSR count). The van der Waals surface area contributed by atoms with Crippen LogP contribution in [0.25, 0.3) is 0 Å². The summed E-state index contributed by atoms with van der Waals surface area (Å²) in [6.07, 6.45) is -10.2. The Hall–Kier alpha value is -2.43. The maximum Gasteiger partial charge on any atom is 0.460 e. The number of benzene rings is 1. The Kier molecular flexibility index (Phi) is 7.52. The second-order valence-electron chi connectivity index (χ2n) is 6.80. The van der Waals surface area contributed by atoms with Gasteiger partial charge in [-0.3, -0.25) is 0 Å². The maximum absolute atomic E-state index is 13.7. The van der Waals surface area contributed by atoms with Crippen LogP contribution in [-0.2, 0) is 6.42 Å². The quantitative estimate of drug-likeness (QED) is 0.249. The molecule has 0 aliphatic rings. The van der Waals surface area contributed by atoms with Gasteiger partial charge in [-0.1, -0.05) is 24.3 Å².